The lowest BCUT2D eigenvalue weighted by atomic mass is 9.99. The average Bonchev–Trinajstić information content (AvgIpc) is 2.02. The van der Waals surface area contributed by atoms with E-state index in [1.165, 1.54) is 0 Å². The molecule has 0 aliphatic carbocycles. The molecular formula is C9H14O4. The van der Waals surface area contributed by atoms with E-state index in [1.54, 1.807) is 6.08 Å². The molecule has 0 radical (unpaired) electrons. The van der Waals surface area contributed by atoms with Gasteiger partial charge in [0, 0.05) is 6.42 Å². The second-order valence-electron chi connectivity index (χ2n) is 2.85. The molecule has 0 amide bonds. The summed E-state index contributed by atoms with van der Waals surface area (Å²) in [6.45, 7) is 3.45. The SMILES string of the molecule is C=CCC(CCCC(=O)O)C(=O)O. The second kappa shape index (κ2) is 6.22. The number of carboxylic acids is 2. The van der Waals surface area contributed by atoms with E-state index < -0.39 is 17.9 Å². The lowest BCUT2D eigenvalue weighted by Crippen LogP contribution is -2.13. The molecule has 0 fully saturated rings. The predicted molar refractivity (Wildman–Crippen MR) is 47.4 cm³/mol. The quantitative estimate of drug-likeness (QED) is 0.591. The van der Waals surface area contributed by atoms with Crippen LogP contribution in [0, 0.1) is 5.92 Å². The highest BCUT2D eigenvalue weighted by Gasteiger charge is 2.15. The van der Waals surface area contributed by atoms with E-state index in [9.17, 15) is 9.59 Å². The van der Waals surface area contributed by atoms with Gasteiger partial charge in [0.2, 0.25) is 0 Å². The molecular weight excluding hydrogens is 172 g/mol. The highest BCUT2D eigenvalue weighted by atomic mass is 16.4. The summed E-state index contributed by atoms with van der Waals surface area (Å²) in [6.07, 6.45) is 2.77. The Hall–Kier alpha value is -1.32. The van der Waals surface area contributed by atoms with Gasteiger partial charge in [-0.15, -0.1) is 6.58 Å². The zero-order valence-corrected chi connectivity index (χ0v) is 7.40. The first kappa shape index (κ1) is 11.7. The Bertz CT molecular complexity index is 198. The van der Waals surface area contributed by atoms with Crippen LogP contribution >= 0.6 is 0 Å². The fourth-order valence-corrected chi connectivity index (χ4v) is 1.04. The molecule has 0 saturated heterocycles. The second-order valence-corrected chi connectivity index (χ2v) is 2.85. The van der Waals surface area contributed by atoms with E-state index in [-0.39, 0.29) is 6.42 Å². The van der Waals surface area contributed by atoms with Gasteiger partial charge in [-0.2, -0.15) is 0 Å². The maximum atomic E-state index is 10.6. The van der Waals surface area contributed by atoms with Crippen LogP contribution in [0.15, 0.2) is 12.7 Å². The van der Waals surface area contributed by atoms with E-state index in [1.807, 2.05) is 0 Å². The van der Waals surface area contributed by atoms with Gasteiger partial charge in [-0.05, 0) is 19.3 Å². The van der Waals surface area contributed by atoms with Crippen molar-refractivity contribution in [2.24, 2.45) is 5.92 Å². The molecule has 13 heavy (non-hydrogen) atoms. The number of allylic oxidation sites excluding steroid dienone is 1. The molecule has 4 heteroatoms. The molecule has 1 unspecified atom stereocenters. The molecule has 0 saturated carbocycles. The standard InChI is InChI=1S/C9H14O4/c1-2-4-7(9(12)13)5-3-6-8(10)11/h2,7H,1,3-6H2,(H,10,11)(H,12,13). The Morgan fingerprint density at radius 3 is 2.38 bits per heavy atom. The molecule has 0 aliphatic rings. The summed E-state index contributed by atoms with van der Waals surface area (Å²) in [5, 5.41) is 17.0. The summed E-state index contributed by atoms with van der Waals surface area (Å²) in [6, 6.07) is 0. The number of carbonyl (C=O) groups is 2. The zero-order valence-electron chi connectivity index (χ0n) is 7.40. The molecule has 1 atom stereocenters. The highest BCUT2D eigenvalue weighted by Crippen LogP contribution is 2.13. The lowest BCUT2D eigenvalue weighted by molar-refractivity contribution is -0.143. The molecule has 0 aliphatic heterocycles. The van der Waals surface area contributed by atoms with Crippen LogP contribution in [0.2, 0.25) is 0 Å². The van der Waals surface area contributed by atoms with Crippen molar-refractivity contribution in [2.75, 3.05) is 0 Å². The summed E-state index contributed by atoms with van der Waals surface area (Å²) < 4.78 is 0. The van der Waals surface area contributed by atoms with Gasteiger partial charge in [0.05, 0.1) is 5.92 Å². The monoisotopic (exact) mass is 186 g/mol. The van der Waals surface area contributed by atoms with Crippen molar-refractivity contribution in [1.82, 2.24) is 0 Å². The van der Waals surface area contributed by atoms with E-state index in [0.29, 0.717) is 19.3 Å². The third-order valence-corrected chi connectivity index (χ3v) is 1.74. The summed E-state index contributed by atoms with van der Waals surface area (Å²) in [5.41, 5.74) is 0. The molecule has 0 aromatic carbocycles. The normalized spacial score (nSPS) is 12.0. The number of aliphatic carboxylic acids is 2. The van der Waals surface area contributed by atoms with Gasteiger partial charge in [0.25, 0.3) is 0 Å². The smallest absolute Gasteiger partial charge is 0.306 e. The van der Waals surface area contributed by atoms with Crippen LogP contribution in [-0.2, 0) is 9.59 Å². The number of rotatable bonds is 7. The molecule has 4 nitrogen and oxygen atoms in total. The van der Waals surface area contributed by atoms with Crippen LogP contribution in [0.5, 0.6) is 0 Å². The van der Waals surface area contributed by atoms with Gasteiger partial charge >= 0.3 is 11.9 Å². The largest absolute Gasteiger partial charge is 0.481 e. The van der Waals surface area contributed by atoms with Crippen molar-refractivity contribution in [3.05, 3.63) is 12.7 Å². The number of carboxylic acid groups (broad SMARTS) is 2. The predicted octanol–water partition coefficient (Wildman–Crippen LogP) is 1.52. The van der Waals surface area contributed by atoms with Gasteiger partial charge in [-0.3, -0.25) is 9.59 Å². The Morgan fingerprint density at radius 2 is 2.00 bits per heavy atom. The topological polar surface area (TPSA) is 74.6 Å². The third-order valence-electron chi connectivity index (χ3n) is 1.74. The molecule has 0 bridgehead atoms. The zero-order chi connectivity index (χ0) is 10.3. The lowest BCUT2D eigenvalue weighted by Gasteiger charge is -2.07. The molecule has 74 valence electrons. The van der Waals surface area contributed by atoms with Crippen molar-refractivity contribution < 1.29 is 19.8 Å². The van der Waals surface area contributed by atoms with Gasteiger partial charge in [-0.1, -0.05) is 6.08 Å². The van der Waals surface area contributed by atoms with Crippen molar-refractivity contribution in [1.29, 1.82) is 0 Å². The van der Waals surface area contributed by atoms with Crippen molar-refractivity contribution >= 4 is 11.9 Å². The minimum Gasteiger partial charge on any atom is -0.481 e. The Morgan fingerprint density at radius 1 is 1.38 bits per heavy atom. The first-order valence-electron chi connectivity index (χ1n) is 4.13. The summed E-state index contributed by atoms with van der Waals surface area (Å²) in [5.74, 6) is -2.26. The Balaban J connectivity index is 3.75. The van der Waals surface area contributed by atoms with Crippen LogP contribution in [0.3, 0.4) is 0 Å². The highest BCUT2D eigenvalue weighted by molar-refractivity contribution is 5.70. The summed E-state index contributed by atoms with van der Waals surface area (Å²) >= 11 is 0. The first-order valence-corrected chi connectivity index (χ1v) is 4.13. The minimum absolute atomic E-state index is 0.0287. The van der Waals surface area contributed by atoms with Crippen molar-refractivity contribution in [2.45, 2.75) is 25.7 Å². The molecule has 0 aromatic heterocycles. The summed E-state index contributed by atoms with van der Waals surface area (Å²) in [7, 11) is 0. The van der Waals surface area contributed by atoms with Crippen LogP contribution < -0.4 is 0 Å². The van der Waals surface area contributed by atoms with Gasteiger partial charge in [-0.25, -0.2) is 0 Å². The molecule has 0 spiro atoms. The Kier molecular flexibility index (Phi) is 5.59. The maximum Gasteiger partial charge on any atom is 0.306 e. The molecule has 0 rings (SSSR count). The van der Waals surface area contributed by atoms with Crippen molar-refractivity contribution in [3.8, 4) is 0 Å². The van der Waals surface area contributed by atoms with Crippen LogP contribution in [0.25, 0.3) is 0 Å². The number of hydrogen-bond donors (Lipinski definition) is 2. The molecule has 0 aromatic rings. The van der Waals surface area contributed by atoms with E-state index in [2.05, 4.69) is 6.58 Å². The minimum atomic E-state index is -0.886. The molecule has 2 N–H and O–H groups in total. The third kappa shape index (κ3) is 5.90. The van der Waals surface area contributed by atoms with E-state index in [4.69, 9.17) is 10.2 Å². The van der Waals surface area contributed by atoms with Crippen LogP contribution in [-0.4, -0.2) is 22.2 Å². The van der Waals surface area contributed by atoms with Gasteiger partial charge in [0.1, 0.15) is 0 Å². The fourth-order valence-electron chi connectivity index (χ4n) is 1.04. The van der Waals surface area contributed by atoms with E-state index in [0.717, 1.165) is 0 Å². The maximum absolute atomic E-state index is 10.6. The number of hydrogen-bond acceptors (Lipinski definition) is 2. The Labute approximate surface area is 76.9 Å². The molecule has 0 heterocycles. The van der Waals surface area contributed by atoms with Gasteiger partial charge in [0.15, 0.2) is 0 Å². The average molecular weight is 186 g/mol. The van der Waals surface area contributed by atoms with Crippen molar-refractivity contribution in [3.63, 3.8) is 0 Å². The van der Waals surface area contributed by atoms with Crippen LogP contribution in [0.1, 0.15) is 25.7 Å². The van der Waals surface area contributed by atoms with Gasteiger partial charge < -0.3 is 10.2 Å². The fraction of sp³-hybridized carbons (Fsp3) is 0.556. The first-order chi connectivity index (χ1) is 6.07. The van der Waals surface area contributed by atoms with Crippen LogP contribution in [0.4, 0.5) is 0 Å². The summed E-state index contributed by atoms with van der Waals surface area (Å²) in [4.78, 5) is 20.7. The van der Waals surface area contributed by atoms with E-state index >= 15 is 0 Å².